The molecule has 0 aromatic rings. The minimum Gasteiger partial charge on any atom is -0.372 e. The first-order valence-electron chi connectivity index (χ1n) is 6.96. The quantitative estimate of drug-likeness (QED) is 0.763. The number of amides is 1. The summed E-state index contributed by atoms with van der Waals surface area (Å²) >= 11 is 0. The number of carbonyl (C=O) groups is 1. The van der Waals surface area contributed by atoms with Crippen LogP contribution in [0.25, 0.3) is 0 Å². The van der Waals surface area contributed by atoms with E-state index >= 15 is 0 Å². The van der Waals surface area contributed by atoms with Crippen molar-refractivity contribution in [1.29, 1.82) is 0 Å². The molecular formula is C14H28N2O2. The molecule has 0 radical (unpaired) electrons. The molecule has 1 saturated carbocycles. The molecule has 4 nitrogen and oxygen atoms in total. The first kappa shape index (κ1) is 15.4. The second kappa shape index (κ2) is 5.57. The lowest BCUT2D eigenvalue weighted by atomic mass is 9.95. The van der Waals surface area contributed by atoms with Gasteiger partial charge < -0.3 is 15.8 Å². The summed E-state index contributed by atoms with van der Waals surface area (Å²) in [5, 5.41) is 3.33. The Morgan fingerprint density at radius 2 is 2.17 bits per heavy atom. The maximum absolute atomic E-state index is 11.7. The first-order valence-corrected chi connectivity index (χ1v) is 6.96. The molecule has 0 aromatic heterocycles. The molecule has 106 valence electrons. The molecule has 2 unspecified atom stereocenters. The normalized spacial score (nSPS) is 28.9. The summed E-state index contributed by atoms with van der Waals surface area (Å²) < 4.78 is 6.09. The lowest BCUT2D eigenvalue weighted by Crippen LogP contribution is -2.56. The highest BCUT2D eigenvalue weighted by atomic mass is 16.5. The van der Waals surface area contributed by atoms with Gasteiger partial charge in [-0.2, -0.15) is 0 Å². The standard InChI is InChI=1S/C14H28N2O2/c1-6-13(4,5)18-11-7-8-14(9-11,12(15)17)16-10(2)3/h10-11,16H,6-9H2,1-5H3,(H2,15,17). The van der Waals surface area contributed by atoms with Crippen LogP contribution in [0.2, 0.25) is 0 Å². The van der Waals surface area contributed by atoms with Crippen LogP contribution in [0.15, 0.2) is 0 Å². The molecule has 1 fully saturated rings. The molecule has 0 spiro atoms. The van der Waals surface area contributed by atoms with Crippen LogP contribution >= 0.6 is 0 Å². The van der Waals surface area contributed by atoms with Crippen molar-refractivity contribution in [2.24, 2.45) is 5.73 Å². The highest BCUT2D eigenvalue weighted by Gasteiger charge is 2.45. The molecule has 4 heteroatoms. The minimum absolute atomic E-state index is 0.124. The number of hydrogen-bond donors (Lipinski definition) is 2. The van der Waals surface area contributed by atoms with E-state index in [4.69, 9.17) is 10.5 Å². The number of hydrogen-bond acceptors (Lipinski definition) is 3. The maximum Gasteiger partial charge on any atom is 0.237 e. The van der Waals surface area contributed by atoms with Gasteiger partial charge in [-0.1, -0.05) is 6.92 Å². The molecule has 1 aliphatic rings. The zero-order chi connectivity index (χ0) is 14.0. The highest BCUT2D eigenvalue weighted by molar-refractivity contribution is 5.85. The van der Waals surface area contributed by atoms with E-state index in [-0.39, 0.29) is 23.7 Å². The smallest absolute Gasteiger partial charge is 0.237 e. The Morgan fingerprint density at radius 1 is 1.56 bits per heavy atom. The van der Waals surface area contributed by atoms with Crippen molar-refractivity contribution in [3.8, 4) is 0 Å². The van der Waals surface area contributed by atoms with E-state index in [1.54, 1.807) is 0 Å². The summed E-state index contributed by atoms with van der Waals surface area (Å²) in [5.41, 5.74) is 4.87. The predicted octanol–water partition coefficient (Wildman–Crippen LogP) is 1.97. The molecule has 0 heterocycles. The van der Waals surface area contributed by atoms with Crippen LogP contribution < -0.4 is 11.1 Å². The number of ether oxygens (including phenoxy) is 1. The average Bonchev–Trinajstić information content (AvgIpc) is 2.61. The Bertz CT molecular complexity index is 302. The van der Waals surface area contributed by atoms with E-state index in [0.717, 1.165) is 19.3 Å². The molecule has 18 heavy (non-hydrogen) atoms. The van der Waals surface area contributed by atoms with Gasteiger partial charge in [0.05, 0.1) is 11.7 Å². The van der Waals surface area contributed by atoms with Crippen LogP contribution in [0, 0.1) is 0 Å². The Balaban J connectivity index is 2.69. The van der Waals surface area contributed by atoms with Crippen molar-refractivity contribution in [3.63, 3.8) is 0 Å². The van der Waals surface area contributed by atoms with Gasteiger partial charge in [-0.3, -0.25) is 4.79 Å². The number of primary amides is 1. The van der Waals surface area contributed by atoms with E-state index in [0.29, 0.717) is 6.42 Å². The van der Waals surface area contributed by atoms with Crippen molar-refractivity contribution >= 4 is 5.91 Å². The third-order valence-electron chi connectivity index (χ3n) is 3.84. The monoisotopic (exact) mass is 256 g/mol. The van der Waals surface area contributed by atoms with Crippen LogP contribution in [0.1, 0.15) is 60.3 Å². The van der Waals surface area contributed by atoms with Crippen LogP contribution in [0.4, 0.5) is 0 Å². The lowest BCUT2D eigenvalue weighted by Gasteiger charge is -2.31. The molecule has 0 saturated heterocycles. The first-order chi connectivity index (χ1) is 8.21. The summed E-state index contributed by atoms with van der Waals surface area (Å²) in [5.74, 6) is -0.253. The van der Waals surface area contributed by atoms with Crippen molar-refractivity contribution in [2.45, 2.75) is 83.6 Å². The van der Waals surface area contributed by atoms with Gasteiger partial charge in [-0.25, -0.2) is 0 Å². The number of carbonyl (C=O) groups excluding carboxylic acids is 1. The van der Waals surface area contributed by atoms with Gasteiger partial charge in [0, 0.05) is 12.5 Å². The summed E-state index contributed by atoms with van der Waals surface area (Å²) in [6.45, 7) is 10.4. The highest BCUT2D eigenvalue weighted by Crippen LogP contribution is 2.35. The number of nitrogens with one attached hydrogen (secondary N) is 1. The lowest BCUT2D eigenvalue weighted by molar-refractivity contribution is -0.126. The molecule has 3 N–H and O–H groups in total. The predicted molar refractivity (Wildman–Crippen MR) is 73.3 cm³/mol. The molecule has 2 atom stereocenters. The summed E-state index contributed by atoms with van der Waals surface area (Å²) in [6, 6.07) is 0.246. The topological polar surface area (TPSA) is 64.3 Å². The second-order valence-electron chi connectivity index (χ2n) is 6.34. The SMILES string of the molecule is CCC(C)(C)OC1CCC(NC(C)C)(C(N)=O)C1. The minimum atomic E-state index is -0.581. The van der Waals surface area contributed by atoms with Crippen molar-refractivity contribution in [1.82, 2.24) is 5.32 Å². The Hall–Kier alpha value is -0.610. The molecule has 0 bridgehead atoms. The van der Waals surface area contributed by atoms with E-state index in [2.05, 4.69) is 26.1 Å². The van der Waals surface area contributed by atoms with Gasteiger partial charge in [-0.15, -0.1) is 0 Å². The van der Waals surface area contributed by atoms with E-state index in [1.165, 1.54) is 0 Å². The Morgan fingerprint density at radius 3 is 2.61 bits per heavy atom. The third kappa shape index (κ3) is 3.69. The summed E-state index contributed by atoms with van der Waals surface area (Å²) in [6.07, 6.45) is 3.43. The summed E-state index contributed by atoms with van der Waals surface area (Å²) in [7, 11) is 0. The van der Waals surface area contributed by atoms with Gasteiger partial charge in [0.2, 0.25) is 5.91 Å². The molecule has 1 rings (SSSR count). The van der Waals surface area contributed by atoms with Crippen LogP contribution in [0.3, 0.4) is 0 Å². The van der Waals surface area contributed by atoms with Crippen molar-refractivity contribution < 1.29 is 9.53 Å². The largest absolute Gasteiger partial charge is 0.372 e. The zero-order valence-corrected chi connectivity index (χ0v) is 12.4. The molecule has 1 amide bonds. The third-order valence-corrected chi connectivity index (χ3v) is 3.84. The van der Waals surface area contributed by atoms with Gasteiger partial charge in [0.25, 0.3) is 0 Å². The van der Waals surface area contributed by atoms with Gasteiger partial charge in [-0.05, 0) is 47.0 Å². The van der Waals surface area contributed by atoms with E-state index < -0.39 is 5.54 Å². The molecule has 1 aliphatic carbocycles. The second-order valence-corrected chi connectivity index (χ2v) is 6.34. The number of rotatable bonds is 6. The van der Waals surface area contributed by atoms with E-state index in [9.17, 15) is 4.79 Å². The van der Waals surface area contributed by atoms with Gasteiger partial charge in [0.1, 0.15) is 5.54 Å². The Kier molecular flexibility index (Phi) is 4.78. The average molecular weight is 256 g/mol. The fraction of sp³-hybridized carbons (Fsp3) is 0.929. The van der Waals surface area contributed by atoms with E-state index in [1.807, 2.05) is 13.8 Å². The molecule has 0 aromatic carbocycles. The number of nitrogens with two attached hydrogens (primary N) is 1. The Labute approximate surface area is 111 Å². The fourth-order valence-corrected chi connectivity index (χ4v) is 2.61. The molecular weight excluding hydrogens is 228 g/mol. The maximum atomic E-state index is 11.7. The summed E-state index contributed by atoms with van der Waals surface area (Å²) in [4.78, 5) is 11.7. The molecule has 0 aliphatic heterocycles. The zero-order valence-electron chi connectivity index (χ0n) is 12.4. The van der Waals surface area contributed by atoms with Crippen LogP contribution in [0.5, 0.6) is 0 Å². The van der Waals surface area contributed by atoms with Crippen molar-refractivity contribution in [2.75, 3.05) is 0 Å². The van der Waals surface area contributed by atoms with Crippen LogP contribution in [-0.2, 0) is 9.53 Å². The van der Waals surface area contributed by atoms with Gasteiger partial charge in [0.15, 0.2) is 0 Å². The van der Waals surface area contributed by atoms with Gasteiger partial charge >= 0.3 is 0 Å². The van der Waals surface area contributed by atoms with Crippen molar-refractivity contribution in [3.05, 3.63) is 0 Å². The van der Waals surface area contributed by atoms with Crippen LogP contribution in [-0.4, -0.2) is 29.2 Å². The fourth-order valence-electron chi connectivity index (χ4n) is 2.61.